The zero-order chi connectivity index (χ0) is 17.6. The minimum absolute atomic E-state index is 0.267. The molecule has 1 N–H and O–H groups in total. The molecular formula is C20H43O2P. The highest BCUT2D eigenvalue weighted by atomic mass is 31.2. The van der Waals surface area contributed by atoms with Crippen LogP contribution >= 0.6 is 7.14 Å². The predicted molar refractivity (Wildman–Crippen MR) is 105 cm³/mol. The Labute approximate surface area is 146 Å². The minimum atomic E-state index is -2.21. The lowest BCUT2D eigenvalue weighted by atomic mass is 10.1. The van der Waals surface area contributed by atoms with Gasteiger partial charge in [-0.15, -0.1) is 0 Å². The van der Waals surface area contributed by atoms with Crippen LogP contribution in [0.5, 0.6) is 0 Å². The zero-order valence-electron chi connectivity index (χ0n) is 16.4. The lowest BCUT2D eigenvalue weighted by Gasteiger charge is -2.23. The first-order chi connectivity index (χ1) is 10.9. The molecule has 140 valence electrons. The summed E-state index contributed by atoms with van der Waals surface area (Å²) in [5.74, 6) is 0. The number of aliphatic hydroxyl groups is 1. The molecule has 0 aliphatic carbocycles. The monoisotopic (exact) mass is 346 g/mol. The average molecular weight is 347 g/mol. The van der Waals surface area contributed by atoms with Gasteiger partial charge in [-0.05, 0) is 19.5 Å². The molecule has 23 heavy (non-hydrogen) atoms. The van der Waals surface area contributed by atoms with E-state index in [9.17, 15) is 9.67 Å². The highest BCUT2D eigenvalue weighted by molar-refractivity contribution is 7.63. The Morgan fingerprint density at radius 2 is 1.22 bits per heavy atom. The van der Waals surface area contributed by atoms with Gasteiger partial charge in [0.15, 0.2) is 0 Å². The first-order valence-corrected chi connectivity index (χ1v) is 12.6. The molecule has 3 unspecified atom stereocenters. The van der Waals surface area contributed by atoms with Crippen LogP contribution in [-0.4, -0.2) is 29.7 Å². The van der Waals surface area contributed by atoms with Crippen molar-refractivity contribution in [2.75, 3.05) is 12.8 Å². The Bertz CT molecular complexity index is 304. The van der Waals surface area contributed by atoms with E-state index in [-0.39, 0.29) is 11.8 Å². The fourth-order valence-electron chi connectivity index (χ4n) is 3.17. The van der Waals surface area contributed by atoms with Crippen LogP contribution in [0.2, 0.25) is 0 Å². The summed E-state index contributed by atoms with van der Waals surface area (Å²) in [4.78, 5) is 0. The van der Waals surface area contributed by atoms with Crippen LogP contribution in [0.4, 0.5) is 0 Å². The molecule has 0 saturated heterocycles. The third kappa shape index (κ3) is 13.2. The molecule has 0 aromatic rings. The molecule has 0 aliphatic rings. The maximum atomic E-state index is 12.9. The van der Waals surface area contributed by atoms with Gasteiger partial charge in [-0.3, -0.25) is 0 Å². The van der Waals surface area contributed by atoms with Crippen molar-refractivity contribution >= 4 is 7.14 Å². The first kappa shape index (κ1) is 23.2. The van der Waals surface area contributed by atoms with Gasteiger partial charge in [0.2, 0.25) is 0 Å². The predicted octanol–water partition coefficient (Wildman–Crippen LogP) is 6.84. The van der Waals surface area contributed by atoms with E-state index in [0.717, 1.165) is 19.3 Å². The van der Waals surface area contributed by atoms with Crippen LogP contribution in [0.25, 0.3) is 0 Å². The number of aliphatic hydroxyl groups excluding tert-OH is 1. The third-order valence-corrected chi connectivity index (χ3v) is 8.39. The lowest BCUT2D eigenvalue weighted by Crippen LogP contribution is -2.17. The van der Waals surface area contributed by atoms with Gasteiger partial charge in [0.05, 0.1) is 13.2 Å². The number of unbranched alkanes of at least 4 members (excludes halogenated alkanes) is 9. The molecule has 3 atom stereocenters. The quantitative estimate of drug-likeness (QED) is 0.245. The first-order valence-electron chi connectivity index (χ1n) is 10.2. The summed E-state index contributed by atoms with van der Waals surface area (Å²) < 4.78 is 12.9. The molecule has 0 spiro atoms. The molecule has 0 fully saturated rings. The van der Waals surface area contributed by atoms with Gasteiger partial charge in [-0.2, -0.15) is 0 Å². The van der Waals surface area contributed by atoms with Gasteiger partial charge in [-0.25, -0.2) is 0 Å². The third-order valence-electron chi connectivity index (χ3n) is 5.12. The van der Waals surface area contributed by atoms with Gasteiger partial charge in [0, 0.05) is 11.8 Å². The van der Waals surface area contributed by atoms with E-state index in [1.807, 2.05) is 6.66 Å². The van der Waals surface area contributed by atoms with E-state index in [1.165, 1.54) is 64.2 Å². The maximum Gasteiger partial charge on any atom is 0.0900 e. The van der Waals surface area contributed by atoms with Crippen molar-refractivity contribution in [1.29, 1.82) is 0 Å². The van der Waals surface area contributed by atoms with Crippen molar-refractivity contribution in [3.8, 4) is 0 Å². The van der Waals surface area contributed by atoms with Gasteiger partial charge in [0.1, 0.15) is 0 Å². The fourth-order valence-corrected chi connectivity index (χ4v) is 5.27. The Morgan fingerprint density at radius 3 is 1.78 bits per heavy atom. The highest BCUT2D eigenvalue weighted by Gasteiger charge is 2.26. The van der Waals surface area contributed by atoms with Crippen LogP contribution in [-0.2, 0) is 4.57 Å². The smallest absolute Gasteiger partial charge is 0.0900 e. The van der Waals surface area contributed by atoms with Gasteiger partial charge < -0.3 is 9.67 Å². The van der Waals surface area contributed by atoms with Crippen LogP contribution in [0, 0.1) is 0 Å². The summed E-state index contributed by atoms with van der Waals surface area (Å²) in [5, 5.41) is 10.2. The number of hydrogen-bond acceptors (Lipinski definition) is 2. The minimum Gasteiger partial charge on any atom is -0.393 e. The summed E-state index contributed by atoms with van der Waals surface area (Å²) >= 11 is 0. The molecule has 0 bridgehead atoms. The average Bonchev–Trinajstić information content (AvgIpc) is 2.50. The van der Waals surface area contributed by atoms with Crippen LogP contribution in [0.15, 0.2) is 0 Å². The normalized spacial score (nSPS) is 16.9. The molecule has 0 aliphatic heterocycles. The van der Waals surface area contributed by atoms with Gasteiger partial charge in [-0.1, -0.05) is 91.4 Å². The largest absolute Gasteiger partial charge is 0.393 e. The summed E-state index contributed by atoms with van der Waals surface area (Å²) in [6.45, 7) is 8.48. The maximum absolute atomic E-state index is 12.9. The summed E-state index contributed by atoms with van der Waals surface area (Å²) in [6, 6.07) is 0. The Hall–Kier alpha value is 0.190. The van der Waals surface area contributed by atoms with E-state index < -0.39 is 7.14 Å². The Balaban J connectivity index is 3.81. The topological polar surface area (TPSA) is 37.3 Å². The standard InChI is InChI=1S/C20H43O2P/c1-5-7-9-11-12-13-14-16-19(3)23(4,22)18-20(21)17-15-10-8-6-2/h19-21H,5-18H2,1-4H3. The van der Waals surface area contributed by atoms with Crippen LogP contribution < -0.4 is 0 Å². The lowest BCUT2D eigenvalue weighted by molar-refractivity contribution is 0.182. The number of rotatable bonds is 16. The van der Waals surface area contributed by atoms with E-state index in [0.29, 0.717) is 6.16 Å². The van der Waals surface area contributed by atoms with E-state index in [4.69, 9.17) is 0 Å². The van der Waals surface area contributed by atoms with Crippen molar-refractivity contribution in [1.82, 2.24) is 0 Å². The van der Waals surface area contributed by atoms with Crippen LogP contribution in [0.3, 0.4) is 0 Å². The molecule has 3 heteroatoms. The molecule has 0 amide bonds. The highest BCUT2D eigenvalue weighted by Crippen LogP contribution is 2.49. The van der Waals surface area contributed by atoms with Crippen molar-refractivity contribution < 1.29 is 9.67 Å². The van der Waals surface area contributed by atoms with Crippen molar-refractivity contribution in [3.05, 3.63) is 0 Å². The van der Waals surface area contributed by atoms with Crippen LogP contribution in [0.1, 0.15) is 104 Å². The molecule has 0 rings (SSSR count). The molecule has 0 radical (unpaired) electrons. The second-order valence-corrected chi connectivity index (χ2v) is 11.2. The molecule has 0 saturated carbocycles. The molecule has 0 heterocycles. The summed E-state index contributed by atoms with van der Waals surface area (Å²) in [7, 11) is -2.21. The molecular weight excluding hydrogens is 303 g/mol. The Morgan fingerprint density at radius 1 is 0.783 bits per heavy atom. The van der Waals surface area contributed by atoms with Crippen molar-refractivity contribution in [2.24, 2.45) is 0 Å². The van der Waals surface area contributed by atoms with Crippen molar-refractivity contribution in [3.63, 3.8) is 0 Å². The SMILES string of the molecule is CCCCCCCCCC(C)P(C)(=O)CC(O)CCCCCC. The second-order valence-electron chi connectivity index (χ2n) is 7.62. The molecule has 0 aromatic heterocycles. The van der Waals surface area contributed by atoms with Gasteiger partial charge >= 0.3 is 0 Å². The van der Waals surface area contributed by atoms with Gasteiger partial charge in [0.25, 0.3) is 0 Å². The number of hydrogen-bond donors (Lipinski definition) is 1. The summed E-state index contributed by atoms with van der Waals surface area (Å²) in [6.07, 6.45) is 15.9. The summed E-state index contributed by atoms with van der Waals surface area (Å²) in [5.41, 5.74) is 0.267. The van der Waals surface area contributed by atoms with E-state index >= 15 is 0 Å². The Kier molecular flexibility index (Phi) is 14.6. The molecule has 0 aromatic carbocycles. The van der Waals surface area contributed by atoms with Crippen molar-refractivity contribution in [2.45, 2.75) is 116 Å². The fraction of sp³-hybridized carbons (Fsp3) is 1.00. The second kappa shape index (κ2) is 14.5. The molecule has 2 nitrogen and oxygen atoms in total. The van der Waals surface area contributed by atoms with E-state index in [1.54, 1.807) is 0 Å². The van der Waals surface area contributed by atoms with E-state index in [2.05, 4.69) is 20.8 Å². The zero-order valence-corrected chi connectivity index (χ0v) is 17.3.